The Hall–Kier alpha value is -3.30. The summed E-state index contributed by atoms with van der Waals surface area (Å²) in [5.74, 6) is -5.04. The van der Waals surface area contributed by atoms with E-state index in [0.29, 0.717) is 29.7 Å². The molecule has 0 unspecified atom stereocenters. The average Bonchev–Trinajstić information content (AvgIpc) is 2.82. The lowest BCUT2D eigenvalue weighted by molar-refractivity contribution is -0.275. The van der Waals surface area contributed by atoms with E-state index < -0.39 is 47.0 Å². The second-order valence-electron chi connectivity index (χ2n) is 9.12. The van der Waals surface area contributed by atoms with Gasteiger partial charge in [-0.2, -0.15) is 8.78 Å². The third kappa shape index (κ3) is 6.17. The van der Waals surface area contributed by atoms with E-state index in [1.54, 1.807) is 0 Å². The molecule has 10 heteroatoms. The van der Waals surface area contributed by atoms with Crippen LogP contribution in [-0.4, -0.2) is 6.36 Å². The van der Waals surface area contributed by atoms with E-state index in [0.717, 1.165) is 49.9 Å². The summed E-state index contributed by atoms with van der Waals surface area (Å²) in [6.45, 7) is 2.12. The minimum atomic E-state index is -5.16. The van der Waals surface area contributed by atoms with Gasteiger partial charge >= 0.3 is 12.5 Å². The van der Waals surface area contributed by atoms with Gasteiger partial charge in [-0.05, 0) is 60.1 Å². The Morgan fingerprint density at radius 3 is 1.97 bits per heavy atom. The van der Waals surface area contributed by atoms with E-state index in [2.05, 4.69) is 16.4 Å². The van der Waals surface area contributed by atoms with Crippen LogP contribution in [0, 0.1) is 23.4 Å². The molecule has 1 saturated carbocycles. The van der Waals surface area contributed by atoms with Gasteiger partial charge < -0.3 is 9.47 Å². The first kappa shape index (κ1) is 26.8. The summed E-state index contributed by atoms with van der Waals surface area (Å²) in [6, 6.07) is 8.66. The lowest BCUT2D eigenvalue weighted by Gasteiger charge is -2.27. The molecule has 0 heterocycles. The molecule has 1 aliphatic rings. The highest BCUT2D eigenvalue weighted by molar-refractivity contribution is 5.65. The second-order valence-corrected chi connectivity index (χ2v) is 9.12. The highest BCUT2D eigenvalue weighted by Gasteiger charge is 2.36. The standard InChI is InChI=1S/C27H22F8O2/c1-15-2-4-16(5-3-15)20-11-12-21(25(30)24(20)29)17-6-8-18(9-7-17)26(31,32)36-19-10-13-23(22(28)14-19)37-27(33,34)35/h6-16H,2-5H2,1H3. The van der Waals surface area contributed by atoms with Crippen LogP contribution in [0.5, 0.6) is 11.5 Å². The van der Waals surface area contributed by atoms with Crippen molar-refractivity contribution in [1.29, 1.82) is 0 Å². The summed E-state index contributed by atoms with van der Waals surface area (Å²) >= 11 is 0. The summed E-state index contributed by atoms with van der Waals surface area (Å²) in [7, 11) is 0. The molecule has 4 rings (SSSR count). The fourth-order valence-corrected chi connectivity index (χ4v) is 4.48. The number of hydrogen-bond donors (Lipinski definition) is 0. The van der Waals surface area contributed by atoms with Gasteiger partial charge in [0.2, 0.25) is 0 Å². The Kier molecular flexibility index (Phi) is 7.39. The predicted octanol–water partition coefficient (Wildman–Crippen LogP) is 9.09. The van der Waals surface area contributed by atoms with Crippen molar-refractivity contribution in [3.63, 3.8) is 0 Å². The number of hydrogen-bond acceptors (Lipinski definition) is 2. The zero-order valence-corrected chi connectivity index (χ0v) is 19.5. The van der Waals surface area contributed by atoms with E-state index in [4.69, 9.17) is 0 Å². The maximum atomic E-state index is 14.9. The van der Waals surface area contributed by atoms with Crippen LogP contribution < -0.4 is 9.47 Å². The van der Waals surface area contributed by atoms with Gasteiger partial charge in [-0.3, -0.25) is 0 Å². The Morgan fingerprint density at radius 2 is 1.38 bits per heavy atom. The van der Waals surface area contributed by atoms with E-state index in [1.807, 2.05) is 0 Å². The molecule has 1 fully saturated rings. The molecule has 2 nitrogen and oxygen atoms in total. The molecule has 1 aliphatic carbocycles. The van der Waals surface area contributed by atoms with Crippen molar-refractivity contribution in [2.24, 2.45) is 5.92 Å². The number of ether oxygens (including phenoxy) is 2. The SMILES string of the molecule is CC1CCC(c2ccc(-c3ccc(C(F)(F)Oc4ccc(OC(F)(F)F)c(F)c4)cc3)c(F)c2F)CC1. The van der Waals surface area contributed by atoms with Crippen molar-refractivity contribution in [3.8, 4) is 22.6 Å². The van der Waals surface area contributed by atoms with Gasteiger partial charge in [0.15, 0.2) is 23.2 Å². The van der Waals surface area contributed by atoms with Crippen molar-refractivity contribution < 1.29 is 44.6 Å². The van der Waals surface area contributed by atoms with Gasteiger partial charge in [0.05, 0.1) is 5.56 Å². The van der Waals surface area contributed by atoms with Crippen LogP contribution in [-0.2, 0) is 6.11 Å². The first-order valence-electron chi connectivity index (χ1n) is 11.5. The van der Waals surface area contributed by atoms with Gasteiger partial charge in [0, 0.05) is 11.6 Å². The Labute approximate surface area is 207 Å². The van der Waals surface area contributed by atoms with E-state index >= 15 is 0 Å². The first-order chi connectivity index (χ1) is 17.3. The lowest BCUT2D eigenvalue weighted by Crippen LogP contribution is -2.22. The third-order valence-electron chi connectivity index (χ3n) is 6.47. The molecule has 0 radical (unpaired) electrons. The molecule has 0 saturated heterocycles. The molecule has 0 aromatic heterocycles. The van der Waals surface area contributed by atoms with Crippen LogP contribution in [0.15, 0.2) is 54.6 Å². The second kappa shape index (κ2) is 10.2. The van der Waals surface area contributed by atoms with Crippen molar-refractivity contribution in [2.45, 2.75) is 51.0 Å². The molecule has 0 atom stereocenters. The molecule has 0 spiro atoms. The topological polar surface area (TPSA) is 18.5 Å². The zero-order valence-electron chi connectivity index (χ0n) is 19.5. The molecule has 0 N–H and O–H groups in total. The summed E-state index contributed by atoms with van der Waals surface area (Å²) in [5.41, 5.74) is -0.326. The molecule has 0 bridgehead atoms. The van der Waals surface area contributed by atoms with E-state index in [-0.39, 0.29) is 17.0 Å². The van der Waals surface area contributed by atoms with Crippen molar-refractivity contribution in [2.75, 3.05) is 0 Å². The van der Waals surface area contributed by atoms with Crippen LogP contribution in [0.1, 0.15) is 49.7 Å². The normalized spacial score (nSPS) is 18.5. The van der Waals surface area contributed by atoms with Crippen LogP contribution in [0.25, 0.3) is 11.1 Å². The average molecular weight is 530 g/mol. The van der Waals surface area contributed by atoms with E-state index in [9.17, 15) is 35.1 Å². The number of halogens is 8. The van der Waals surface area contributed by atoms with Crippen LogP contribution in [0.2, 0.25) is 0 Å². The fraction of sp³-hybridized carbons (Fsp3) is 0.333. The van der Waals surface area contributed by atoms with Crippen molar-refractivity contribution >= 4 is 0 Å². The van der Waals surface area contributed by atoms with E-state index in [1.165, 1.54) is 12.1 Å². The van der Waals surface area contributed by atoms with Crippen LogP contribution in [0.4, 0.5) is 35.1 Å². The van der Waals surface area contributed by atoms with Gasteiger partial charge in [0.25, 0.3) is 0 Å². The molecule has 198 valence electrons. The molecular weight excluding hydrogens is 508 g/mol. The summed E-state index contributed by atoms with van der Waals surface area (Å²) in [6.07, 6.45) is -5.77. The maximum absolute atomic E-state index is 14.9. The van der Waals surface area contributed by atoms with Crippen LogP contribution in [0.3, 0.4) is 0 Å². The molecule has 3 aromatic rings. The van der Waals surface area contributed by atoms with Gasteiger partial charge in [0.1, 0.15) is 5.75 Å². The van der Waals surface area contributed by atoms with Gasteiger partial charge in [-0.15, -0.1) is 13.2 Å². The third-order valence-corrected chi connectivity index (χ3v) is 6.47. The van der Waals surface area contributed by atoms with Crippen molar-refractivity contribution in [1.82, 2.24) is 0 Å². The fourth-order valence-electron chi connectivity index (χ4n) is 4.48. The smallest absolute Gasteiger partial charge is 0.429 e. The predicted molar refractivity (Wildman–Crippen MR) is 120 cm³/mol. The largest absolute Gasteiger partial charge is 0.573 e. The number of alkyl halides is 5. The number of benzene rings is 3. The zero-order chi connectivity index (χ0) is 27.0. The first-order valence-corrected chi connectivity index (χ1v) is 11.5. The van der Waals surface area contributed by atoms with Crippen LogP contribution >= 0.6 is 0 Å². The minimum Gasteiger partial charge on any atom is -0.429 e. The summed E-state index contributed by atoms with van der Waals surface area (Å²) < 4.78 is 118. The highest BCUT2D eigenvalue weighted by atomic mass is 19.4. The van der Waals surface area contributed by atoms with Gasteiger partial charge in [-0.25, -0.2) is 13.2 Å². The monoisotopic (exact) mass is 530 g/mol. The molecule has 0 aliphatic heterocycles. The Bertz CT molecular complexity index is 1250. The highest BCUT2D eigenvalue weighted by Crippen LogP contribution is 2.40. The van der Waals surface area contributed by atoms with Gasteiger partial charge in [-0.1, -0.05) is 44.0 Å². The van der Waals surface area contributed by atoms with Crippen molar-refractivity contribution in [3.05, 3.63) is 83.2 Å². The quantitative estimate of drug-likeness (QED) is 0.296. The molecule has 3 aromatic carbocycles. The maximum Gasteiger partial charge on any atom is 0.573 e. The molecular formula is C27H22F8O2. The Balaban J connectivity index is 1.51. The lowest BCUT2D eigenvalue weighted by atomic mass is 9.79. The summed E-state index contributed by atoms with van der Waals surface area (Å²) in [4.78, 5) is 0. The summed E-state index contributed by atoms with van der Waals surface area (Å²) in [5, 5.41) is 0. The Morgan fingerprint density at radius 1 is 0.730 bits per heavy atom. The molecule has 0 amide bonds. The minimum absolute atomic E-state index is 0.0723. The molecule has 37 heavy (non-hydrogen) atoms. The number of rotatable bonds is 6.